The van der Waals surface area contributed by atoms with Gasteiger partial charge in [0.15, 0.2) is 0 Å². The second-order valence-corrected chi connectivity index (χ2v) is 4.06. The molecule has 1 aliphatic rings. The highest BCUT2D eigenvalue weighted by Crippen LogP contribution is 2.27. The zero-order chi connectivity index (χ0) is 9.26. The van der Waals surface area contributed by atoms with E-state index in [4.69, 9.17) is 0 Å². The third kappa shape index (κ3) is 1.85. The van der Waals surface area contributed by atoms with Gasteiger partial charge in [0, 0.05) is 19.3 Å². The quantitative estimate of drug-likeness (QED) is 0.752. The number of nitrogens with zero attached hydrogens (tertiary/aromatic N) is 2. The normalized spacial score (nSPS) is 27.8. The molecular weight excluding hydrogens is 162 g/mol. The fourth-order valence-corrected chi connectivity index (χ4v) is 2.07. The van der Waals surface area contributed by atoms with Crippen molar-refractivity contribution >= 4 is 5.69 Å². The lowest BCUT2D eigenvalue weighted by Crippen LogP contribution is -2.21. The van der Waals surface area contributed by atoms with Crippen LogP contribution in [0.3, 0.4) is 0 Å². The van der Waals surface area contributed by atoms with Crippen molar-refractivity contribution in [1.29, 1.82) is 0 Å². The lowest BCUT2D eigenvalue weighted by Gasteiger charge is -2.16. The number of anilines is 1. The molecule has 1 heterocycles. The second kappa shape index (κ2) is 3.40. The lowest BCUT2D eigenvalue weighted by atomic mass is 10.1. The Labute approximate surface area is 79.1 Å². The van der Waals surface area contributed by atoms with Crippen molar-refractivity contribution in [2.75, 3.05) is 5.32 Å². The molecule has 0 spiro atoms. The molecule has 0 bridgehead atoms. The molecule has 0 aliphatic heterocycles. The lowest BCUT2D eigenvalue weighted by molar-refractivity contribution is 0.556. The van der Waals surface area contributed by atoms with E-state index in [-0.39, 0.29) is 0 Å². The van der Waals surface area contributed by atoms with Crippen LogP contribution in [-0.4, -0.2) is 15.8 Å². The maximum absolute atomic E-state index is 4.14. The molecule has 13 heavy (non-hydrogen) atoms. The number of aryl methyl sites for hydroxylation is 1. The highest BCUT2D eigenvalue weighted by molar-refractivity contribution is 5.39. The summed E-state index contributed by atoms with van der Waals surface area (Å²) in [6, 6.07) is 0.657. The van der Waals surface area contributed by atoms with E-state index < -0.39 is 0 Å². The summed E-state index contributed by atoms with van der Waals surface area (Å²) < 4.78 is 1.84. The first-order valence-corrected chi connectivity index (χ1v) is 5.01. The van der Waals surface area contributed by atoms with Crippen molar-refractivity contribution in [2.45, 2.75) is 32.2 Å². The smallest absolute Gasteiger partial charge is 0.0728 e. The summed E-state index contributed by atoms with van der Waals surface area (Å²) in [5, 5.41) is 7.67. The Balaban J connectivity index is 1.97. The van der Waals surface area contributed by atoms with E-state index in [1.165, 1.54) is 19.3 Å². The van der Waals surface area contributed by atoms with Gasteiger partial charge in [-0.15, -0.1) is 0 Å². The Morgan fingerprint density at radius 1 is 1.54 bits per heavy atom. The molecule has 1 aromatic rings. The number of aromatic nitrogens is 2. The summed E-state index contributed by atoms with van der Waals surface area (Å²) in [5.41, 5.74) is 1.15. The van der Waals surface area contributed by atoms with E-state index in [0.29, 0.717) is 6.04 Å². The summed E-state index contributed by atoms with van der Waals surface area (Å²) in [6.07, 6.45) is 7.95. The van der Waals surface area contributed by atoms with Gasteiger partial charge in [-0.1, -0.05) is 13.3 Å². The summed E-state index contributed by atoms with van der Waals surface area (Å²) in [6.45, 7) is 2.32. The van der Waals surface area contributed by atoms with Crippen LogP contribution in [0.25, 0.3) is 0 Å². The van der Waals surface area contributed by atoms with Gasteiger partial charge in [-0.25, -0.2) is 0 Å². The summed E-state index contributed by atoms with van der Waals surface area (Å²) in [7, 11) is 1.95. The minimum atomic E-state index is 0.657. The summed E-state index contributed by atoms with van der Waals surface area (Å²) in [4.78, 5) is 0. The molecule has 2 rings (SSSR count). The van der Waals surface area contributed by atoms with Crippen molar-refractivity contribution in [2.24, 2.45) is 13.0 Å². The van der Waals surface area contributed by atoms with Gasteiger partial charge >= 0.3 is 0 Å². The molecule has 72 valence electrons. The van der Waals surface area contributed by atoms with Crippen LogP contribution in [0.1, 0.15) is 26.2 Å². The highest BCUT2D eigenvalue weighted by Gasteiger charge is 2.22. The minimum Gasteiger partial charge on any atom is -0.380 e. The minimum absolute atomic E-state index is 0.657. The molecule has 2 atom stereocenters. The van der Waals surface area contributed by atoms with Gasteiger partial charge in [0.1, 0.15) is 0 Å². The average Bonchev–Trinajstić information content (AvgIpc) is 2.64. The molecule has 1 N–H and O–H groups in total. The van der Waals surface area contributed by atoms with Gasteiger partial charge in [0.25, 0.3) is 0 Å². The first-order chi connectivity index (χ1) is 6.25. The van der Waals surface area contributed by atoms with E-state index in [1.807, 2.05) is 24.1 Å². The van der Waals surface area contributed by atoms with Crippen molar-refractivity contribution in [3.05, 3.63) is 12.4 Å². The van der Waals surface area contributed by atoms with Crippen molar-refractivity contribution < 1.29 is 0 Å². The Kier molecular flexibility index (Phi) is 2.25. The maximum Gasteiger partial charge on any atom is 0.0728 e. The van der Waals surface area contributed by atoms with E-state index in [1.54, 1.807) is 0 Å². The van der Waals surface area contributed by atoms with Gasteiger partial charge in [0.05, 0.1) is 11.9 Å². The van der Waals surface area contributed by atoms with Crippen LogP contribution < -0.4 is 5.32 Å². The molecule has 0 amide bonds. The molecule has 3 heteroatoms. The first-order valence-electron chi connectivity index (χ1n) is 5.01. The molecule has 0 radical (unpaired) electrons. The SMILES string of the molecule is C[C@H]1CCC[C@@H]1Nc1cnn(C)c1. The molecular formula is C10H17N3. The Morgan fingerprint density at radius 3 is 2.92 bits per heavy atom. The molecule has 0 unspecified atom stereocenters. The summed E-state index contributed by atoms with van der Waals surface area (Å²) >= 11 is 0. The predicted molar refractivity (Wildman–Crippen MR) is 53.6 cm³/mol. The van der Waals surface area contributed by atoms with Gasteiger partial charge in [-0.2, -0.15) is 5.10 Å². The fraction of sp³-hybridized carbons (Fsp3) is 0.700. The van der Waals surface area contributed by atoms with Crippen LogP contribution in [0.15, 0.2) is 12.4 Å². The van der Waals surface area contributed by atoms with Crippen molar-refractivity contribution in [1.82, 2.24) is 9.78 Å². The second-order valence-electron chi connectivity index (χ2n) is 4.06. The van der Waals surface area contributed by atoms with Gasteiger partial charge < -0.3 is 5.32 Å². The Morgan fingerprint density at radius 2 is 2.38 bits per heavy atom. The molecule has 3 nitrogen and oxygen atoms in total. The topological polar surface area (TPSA) is 29.9 Å². The maximum atomic E-state index is 4.14. The monoisotopic (exact) mass is 179 g/mol. The number of nitrogens with one attached hydrogen (secondary N) is 1. The van der Waals surface area contributed by atoms with Crippen LogP contribution in [0, 0.1) is 5.92 Å². The van der Waals surface area contributed by atoms with Crippen LogP contribution in [0.2, 0.25) is 0 Å². The summed E-state index contributed by atoms with van der Waals surface area (Å²) in [5.74, 6) is 0.806. The van der Waals surface area contributed by atoms with Gasteiger partial charge in [-0.3, -0.25) is 4.68 Å². The number of hydrogen-bond donors (Lipinski definition) is 1. The largest absolute Gasteiger partial charge is 0.380 e. The van der Waals surface area contributed by atoms with Crippen molar-refractivity contribution in [3.8, 4) is 0 Å². The van der Waals surface area contributed by atoms with Gasteiger partial charge in [-0.05, 0) is 18.8 Å². The third-order valence-electron chi connectivity index (χ3n) is 2.92. The number of rotatable bonds is 2. The standard InChI is InChI=1S/C10H17N3/c1-8-4-3-5-10(8)12-9-6-11-13(2)7-9/h6-8,10,12H,3-5H2,1-2H3/t8-,10-/m0/s1. The fourth-order valence-electron chi connectivity index (χ4n) is 2.07. The molecule has 0 saturated heterocycles. The van der Waals surface area contributed by atoms with E-state index in [0.717, 1.165) is 11.6 Å². The van der Waals surface area contributed by atoms with E-state index in [9.17, 15) is 0 Å². The van der Waals surface area contributed by atoms with E-state index in [2.05, 4.69) is 17.3 Å². The van der Waals surface area contributed by atoms with Crippen molar-refractivity contribution in [3.63, 3.8) is 0 Å². The number of hydrogen-bond acceptors (Lipinski definition) is 2. The zero-order valence-electron chi connectivity index (χ0n) is 8.33. The van der Waals surface area contributed by atoms with Crippen LogP contribution in [-0.2, 0) is 7.05 Å². The Hall–Kier alpha value is -0.990. The average molecular weight is 179 g/mol. The predicted octanol–water partition coefficient (Wildman–Crippen LogP) is 2.02. The van der Waals surface area contributed by atoms with Crippen LogP contribution in [0.4, 0.5) is 5.69 Å². The molecule has 0 aromatic carbocycles. The first kappa shape index (κ1) is 8.60. The van der Waals surface area contributed by atoms with Crippen LogP contribution >= 0.6 is 0 Å². The highest BCUT2D eigenvalue weighted by atomic mass is 15.3. The van der Waals surface area contributed by atoms with Crippen LogP contribution in [0.5, 0.6) is 0 Å². The molecule has 1 aromatic heterocycles. The third-order valence-corrected chi connectivity index (χ3v) is 2.92. The van der Waals surface area contributed by atoms with E-state index >= 15 is 0 Å². The molecule has 1 aliphatic carbocycles. The Bertz CT molecular complexity index is 279. The molecule has 1 saturated carbocycles. The zero-order valence-corrected chi connectivity index (χ0v) is 8.33. The van der Waals surface area contributed by atoms with Gasteiger partial charge in [0.2, 0.25) is 0 Å². The molecule has 1 fully saturated rings.